The number of carbonyl (C=O) groups is 2. The van der Waals surface area contributed by atoms with Gasteiger partial charge in [-0.15, -0.1) is 11.3 Å². The van der Waals surface area contributed by atoms with Crippen molar-refractivity contribution in [3.63, 3.8) is 0 Å². The van der Waals surface area contributed by atoms with E-state index < -0.39 is 5.91 Å². The van der Waals surface area contributed by atoms with Gasteiger partial charge < -0.3 is 14.8 Å². The lowest BCUT2D eigenvalue weighted by Gasteiger charge is -2.07. The molecule has 3 rings (SSSR count). The van der Waals surface area contributed by atoms with E-state index in [1.807, 2.05) is 6.92 Å². The first kappa shape index (κ1) is 19.1. The van der Waals surface area contributed by atoms with E-state index in [1.165, 1.54) is 18.3 Å². The van der Waals surface area contributed by atoms with Crippen LogP contribution in [0.5, 0.6) is 5.75 Å². The van der Waals surface area contributed by atoms with E-state index in [0.717, 1.165) is 5.56 Å². The molecule has 140 valence electrons. The van der Waals surface area contributed by atoms with Crippen LogP contribution in [0.3, 0.4) is 0 Å². The molecule has 0 aliphatic rings. The summed E-state index contributed by atoms with van der Waals surface area (Å²) in [5.41, 5.74) is 1.57. The number of phenolic OH excluding ortho intramolecular Hbond substituents is 1. The highest BCUT2D eigenvalue weighted by Gasteiger charge is 2.17. The Morgan fingerprint density at radius 3 is 2.85 bits per heavy atom. The van der Waals surface area contributed by atoms with Crippen LogP contribution in [0.4, 0.5) is 5.13 Å². The summed E-state index contributed by atoms with van der Waals surface area (Å²) < 4.78 is 6.10. The van der Waals surface area contributed by atoms with Crippen molar-refractivity contribution < 1.29 is 19.1 Å². The molecule has 0 radical (unpaired) electrons. The molecule has 9 heteroatoms. The molecular weight excluding hydrogens is 434 g/mol. The highest BCUT2D eigenvalue weighted by atomic mass is 79.9. The number of anilines is 1. The van der Waals surface area contributed by atoms with Crippen LogP contribution >= 0.6 is 27.3 Å². The van der Waals surface area contributed by atoms with Gasteiger partial charge in [0.05, 0.1) is 16.6 Å². The van der Waals surface area contributed by atoms with Gasteiger partial charge in [0.25, 0.3) is 5.91 Å². The number of phenols is 1. The van der Waals surface area contributed by atoms with Gasteiger partial charge in [0.1, 0.15) is 17.2 Å². The molecule has 2 heterocycles. The Morgan fingerprint density at radius 1 is 1.33 bits per heavy atom. The Labute approximate surface area is 167 Å². The number of furan rings is 1. The monoisotopic (exact) mass is 449 g/mol. The van der Waals surface area contributed by atoms with Crippen molar-refractivity contribution in [1.82, 2.24) is 10.3 Å². The number of benzene rings is 1. The molecule has 0 aliphatic carbocycles. The maximum absolute atomic E-state index is 12.4. The SMILES string of the molecule is CC(=O)NCc1ccc(-c2csc(NC(=O)c3cc(C)cc(Br)c3O)n2)o1. The summed E-state index contributed by atoms with van der Waals surface area (Å²) in [7, 11) is 0. The van der Waals surface area contributed by atoms with E-state index in [9.17, 15) is 14.7 Å². The Hall–Kier alpha value is -2.65. The second kappa shape index (κ2) is 7.93. The van der Waals surface area contributed by atoms with Gasteiger partial charge in [-0.25, -0.2) is 4.98 Å². The first-order valence-electron chi connectivity index (χ1n) is 7.93. The first-order valence-corrected chi connectivity index (χ1v) is 9.60. The highest BCUT2D eigenvalue weighted by Crippen LogP contribution is 2.31. The van der Waals surface area contributed by atoms with Gasteiger partial charge in [-0.05, 0) is 52.7 Å². The molecule has 0 aliphatic heterocycles. The summed E-state index contributed by atoms with van der Waals surface area (Å²) in [5.74, 6) is 0.423. The highest BCUT2D eigenvalue weighted by molar-refractivity contribution is 9.10. The normalized spacial score (nSPS) is 10.6. The molecule has 2 aromatic heterocycles. The number of thiazole rings is 1. The molecule has 2 amide bonds. The van der Waals surface area contributed by atoms with Crippen molar-refractivity contribution in [2.75, 3.05) is 5.32 Å². The Bertz CT molecular complexity index is 1010. The lowest BCUT2D eigenvalue weighted by molar-refractivity contribution is -0.119. The van der Waals surface area contributed by atoms with Gasteiger partial charge in [-0.1, -0.05) is 0 Å². The van der Waals surface area contributed by atoms with Gasteiger partial charge in [-0.2, -0.15) is 0 Å². The second-order valence-electron chi connectivity index (χ2n) is 5.81. The summed E-state index contributed by atoms with van der Waals surface area (Å²) in [6.45, 7) is 3.56. The molecule has 0 bridgehead atoms. The van der Waals surface area contributed by atoms with Crippen molar-refractivity contribution in [3.8, 4) is 17.2 Å². The largest absolute Gasteiger partial charge is 0.506 e. The number of nitrogens with zero attached hydrogens (tertiary/aromatic N) is 1. The number of aromatic hydroxyl groups is 1. The summed E-state index contributed by atoms with van der Waals surface area (Å²) in [4.78, 5) is 27.7. The Morgan fingerprint density at radius 2 is 2.11 bits per heavy atom. The minimum absolute atomic E-state index is 0.122. The zero-order valence-electron chi connectivity index (χ0n) is 14.5. The fourth-order valence-electron chi connectivity index (χ4n) is 2.34. The lowest BCUT2D eigenvalue weighted by atomic mass is 10.1. The van der Waals surface area contributed by atoms with Crippen LogP contribution in [0, 0.1) is 6.92 Å². The zero-order valence-corrected chi connectivity index (χ0v) is 16.9. The smallest absolute Gasteiger partial charge is 0.261 e. The number of aryl methyl sites for hydroxylation is 1. The van der Waals surface area contributed by atoms with Crippen LogP contribution in [-0.4, -0.2) is 21.9 Å². The molecule has 0 unspecified atom stereocenters. The van der Waals surface area contributed by atoms with Gasteiger partial charge in [0, 0.05) is 12.3 Å². The van der Waals surface area contributed by atoms with Crippen molar-refractivity contribution in [3.05, 3.63) is 51.0 Å². The van der Waals surface area contributed by atoms with E-state index in [-0.39, 0.29) is 17.2 Å². The number of hydrogen-bond acceptors (Lipinski definition) is 6. The number of carbonyl (C=O) groups excluding carboxylic acids is 2. The number of hydrogen-bond donors (Lipinski definition) is 3. The zero-order chi connectivity index (χ0) is 19.6. The molecule has 3 N–H and O–H groups in total. The summed E-state index contributed by atoms with van der Waals surface area (Å²) in [6.07, 6.45) is 0. The van der Waals surface area contributed by atoms with Crippen molar-refractivity contribution in [1.29, 1.82) is 0 Å². The maximum Gasteiger partial charge on any atom is 0.261 e. The average Bonchev–Trinajstić information content (AvgIpc) is 3.25. The molecule has 0 atom stereocenters. The van der Waals surface area contributed by atoms with E-state index in [0.29, 0.717) is 33.4 Å². The van der Waals surface area contributed by atoms with Gasteiger partial charge in [-0.3, -0.25) is 14.9 Å². The molecule has 0 fully saturated rings. The molecular formula is C18H16BrN3O4S. The maximum atomic E-state index is 12.4. The summed E-state index contributed by atoms with van der Waals surface area (Å²) in [6, 6.07) is 6.83. The average molecular weight is 450 g/mol. The predicted octanol–water partition coefficient (Wildman–Crippen LogP) is 4.07. The molecule has 1 aromatic carbocycles. The van der Waals surface area contributed by atoms with Crippen LogP contribution in [-0.2, 0) is 11.3 Å². The molecule has 0 saturated carbocycles. The van der Waals surface area contributed by atoms with E-state index in [2.05, 4.69) is 31.5 Å². The third-order valence-electron chi connectivity index (χ3n) is 3.60. The van der Waals surface area contributed by atoms with E-state index in [4.69, 9.17) is 4.42 Å². The topological polar surface area (TPSA) is 104 Å². The minimum Gasteiger partial charge on any atom is -0.506 e. The van der Waals surface area contributed by atoms with Crippen LogP contribution in [0.15, 0.2) is 38.5 Å². The second-order valence-corrected chi connectivity index (χ2v) is 7.52. The molecule has 27 heavy (non-hydrogen) atoms. The fraction of sp³-hybridized carbons (Fsp3) is 0.167. The third-order valence-corrected chi connectivity index (χ3v) is 4.96. The minimum atomic E-state index is -0.455. The summed E-state index contributed by atoms with van der Waals surface area (Å²) >= 11 is 4.47. The number of amides is 2. The quantitative estimate of drug-likeness (QED) is 0.544. The first-order chi connectivity index (χ1) is 12.8. The third kappa shape index (κ3) is 4.55. The summed E-state index contributed by atoms with van der Waals surface area (Å²) in [5, 5.41) is 17.5. The predicted molar refractivity (Wildman–Crippen MR) is 106 cm³/mol. The Kier molecular flexibility index (Phi) is 5.62. The fourth-order valence-corrected chi connectivity index (χ4v) is 3.61. The van der Waals surface area contributed by atoms with Gasteiger partial charge in [0.2, 0.25) is 5.91 Å². The number of nitrogens with one attached hydrogen (secondary N) is 2. The van der Waals surface area contributed by atoms with Gasteiger partial charge in [0.15, 0.2) is 10.9 Å². The Balaban J connectivity index is 1.73. The van der Waals surface area contributed by atoms with Crippen LogP contribution in [0.1, 0.15) is 28.6 Å². The molecule has 0 spiro atoms. The van der Waals surface area contributed by atoms with Crippen molar-refractivity contribution in [2.24, 2.45) is 0 Å². The molecule has 0 saturated heterocycles. The number of halogens is 1. The number of aromatic nitrogens is 1. The number of rotatable bonds is 5. The molecule has 7 nitrogen and oxygen atoms in total. The van der Waals surface area contributed by atoms with Crippen molar-refractivity contribution in [2.45, 2.75) is 20.4 Å². The lowest BCUT2D eigenvalue weighted by Crippen LogP contribution is -2.18. The van der Waals surface area contributed by atoms with Gasteiger partial charge >= 0.3 is 0 Å². The standard InChI is InChI=1S/C18H16BrN3O4S/c1-9-5-12(16(24)13(19)6-9)17(25)22-18-21-14(8-27-18)15-4-3-11(26-15)7-20-10(2)23/h3-6,8,24H,7H2,1-2H3,(H,20,23)(H,21,22,25). The van der Waals surface area contributed by atoms with E-state index >= 15 is 0 Å². The molecule has 3 aromatic rings. The van der Waals surface area contributed by atoms with Crippen LogP contribution in [0.2, 0.25) is 0 Å². The van der Waals surface area contributed by atoms with E-state index in [1.54, 1.807) is 29.6 Å². The van der Waals surface area contributed by atoms with Crippen LogP contribution in [0.25, 0.3) is 11.5 Å². The van der Waals surface area contributed by atoms with Crippen molar-refractivity contribution >= 4 is 44.2 Å². The van der Waals surface area contributed by atoms with Crippen LogP contribution < -0.4 is 10.6 Å².